The fourth-order valence-electron chi connectivity index (χ4n) is 2.46. The second-order valence-corrected chi connectivity index (χ2v) is 4.99. The topological polar surface area (TPSA) is 54.0 Å². The van der Waals surface area contributed by atoms with Gasteiger partial charge in [0.05, 0.1) is 11.6 Å². The number of hydrogen-bond acceptors (Lipinski definition) is 3. The molecule has 0 spiro atoms. The molecule has 0 fully saturated rings. The number of furan rings is 1. The van der Waals surface area contributed by atoms with Crippen LogP contribution in [-0.2, 0) is 0 Å². The molecule has 0 N–H and O–H groups in total. The number of aryl methyl sites for hydroxylation is 1. The molecule has 0 bridgehead atoms. The van der Waals surface area contributed by atoms with Crippen molar-refractivity contribution in [2.45, 2.75) is 12.8 Å². The number of carbonyl (C=O) groups is 1. The second-order valence-electron chi connectivity index (χ2n) is 4.99. The molecule has 3 nitrogen and oxygen atoms in total. The molecule has 2 aromatic carbocycles. The maximum Gasteiger partial charge on any atom is 0.188 e. The molecule has 0 unspecified atom stereocenters. The molecule has 21 heavy (non-hydrogen) atoms. The molecule has 3 aromatic rings. The normalized spacial score (nSPS) is 12.0. The van der Waals surface area contributed by atoms with Gasteiger partial charge in [0, 0.05) is 5.39 Å². The molecular formula is C18H13NO2. The maximum absolute atomic E-state index is 12.7. The summed E-state index contributed by atoms with van der Waals surface area (Å²) >= 11 is 0. The summed E-state index contributed by atoms with van der Waals surface area (Å²) in [5.41, 5.74) is 2.85. The van der Waals surface area contributed by atoms with E-state index in [1.54, 1.807) is 12.1 Å². The molecule has 1 heterocycles. The highest BCUT2D eigenvalue weighted by Crippen LogP contribution is 2.27. The summed E-state index contributed by atoms with van der Waals surface area (Å²) in [4.78, 5) is 12.7. The first-order valence-electron chi connectivity index (χ1n) is 6.67. The average molecular weight is 275 g/mol. The van der Waals surface area contributed by atoms with Crippen LogP contribution in [0, 0.1) is 18.3 Å². The standard InChI is InChI=1S/C18H13NO2/c1-12-5-4-6-13(9-12)15(10-19)18(20)16-11-21-17-8-3-2-7-14(16)17/h2-9,11,15H,1H3/t15-/m0/s1. The lowest BCUT2D eigenvalue weighted by Crippen LogP contribution is -2.11. The van der Waals surface area contributed by atoms with E-state index in [2.05, 4.69) is 6.07 Å². The number of Topliss-reactive ketones (excluding diaryl/α,β-unsaturated/α-hetero) is 1. The van der Waals surface area contributed by atoms with Gasteiger partial charge < -0.3 is 4.42 Å². The molecular weight excluding hydrogens is 262 g/mol. The van der Waals surface area contributed by atoms with Gasteiger partial charge >= 0.3 is 0 Å². The van der Waals surface area contributed by atoms with E-state index in [4.69, 9.17) is 4.42 Å². The van der Waals surface area contributed by atoms with E-state index in [0.29, 0.717) is 16.7 Å². The third-order valence-electron chi connectivity index (χ3n) is 3.51. The van der Waals surface area contributed by atoms with Gasteiger partial charge in [-0.25, -0.2) is 0 Å². The Kier molecular flexibility index (Phi) is 3.29. The van der Waals surface area contributed by atoms with Gasteiger partial charge in [-0.05, 0) is 18.6 Å². The van der Waals surface area contributed by atoms with Crippen molar-refractivity contribution in [2.24, 2.45) is 0 Å². The SMILES string of the molecule is Cc1cccc([C@H](C#N)C(=O)c2coc3ccccc23)c1. The third-order valence-corrected chi connectivity index (χ3v) is 3.51. The fourth-order valence-corrected chi connectivity index (χ4v) is 2.46. The number of para-hydroxylation sites is 1. The van der Waals surface area contributed by atoms with Crippen LogP contribution < -0.4 is 0 Å². The van der Waals surface area contributed by atoms with E-state index in [9.17, 15) is 10.1 Å². The summed E-state index contributed by atoms with van der Waals surface area (Å²) in [6, 6.07) is 16.9. The molecule has 0 saturated heterocycles. The number of carbonyl (C=O) groups excluding carboxylic acids is 1. The Morgan fingerprint density at radius 3 is 2.76 bits per heavy atom. The van der Waals surface area contributed by atoms with Crippen LogP contribution in [0.3, 0.4) is 0 Å². The summed E-state index contributed by atoms with van der Waals surface area (Å²) in [6.07, 6.45) is 1.44. The van der Waals surface area contributed by atoms with E-state index >= 15 is 0 Å². The largest absolute Gasteiger partial charge is 0.464 e. The van der Waals surface area contributed by atoms with Crippen molar-refractivity contribution in [1.29, 1.82) is 5.26 Å². The van der Waals surface area contributed by atoms with E-state index in [1.807, 2.05) is 43.3 Å². The smallest absolute Gasteiger partial charge is 0.188 e. The molecule has 102 valence electrons. The third kappa shape index (κ3) is 2.32. The molecule has 0 radical (unpaired) electrons. The van der Waals surface area contributed by atoms with E-state index in [0.717, 1.165) is 10.9 Å². The fraction of sp³-hybridized carbons (Fsp3) is 0.111. The lowest BCUT2D eigenvalue weighted by atomic mass is 9.91. The second kappa shape index (κ2) is 5.26. The number of hydrogen-bond donors (Lipinski definition) is 0. The van der Waals surface area contributed by atoms with Gasteiger partial charge in [-0.1, -0.05) is 48.0 Å². The van der Waals surface area contributed by atoms with Gasteiger partial charge in [0.15, 0.2) is 5.78 Å². The van der Waals surface area contributed by atoms with Gasteiger partial charge in [0.2, 0.25) is 0 Å². The van der Waals surface area contributed by atoms with E-state index < -0.39 is 5.92 Å². The number of nitrogens with zero attached hydrogens (tertiary/aromatic N) is 1. The zero-order valence-corrected chi connectivity index (χ0v) is 11.5. The molecule has 1 aromatic heterocycles. The van der Waals surface area contributed by atoms with Crippen LogP contribution in [0.2, 0.25) is 0 Å². The van der Waals surface area contributed by atoms with Crippen molar-refractivity contribution >= 4 is 16.8 Å². The van der Waals surface area contributed by atoms with Crippen LogP contribution in [0.4, 0.5) is 0 Å². The number of ketones is 1. The van der Waals surface area contributed by atoms with Gasteiger partial charge in [-0.15, -0.1) is 0 Å². The Balaban J connectivity index is 2.06. The summed E-state index contributed by atoms with van der Waals surface area (Å²) < 4.78 is 5.39. The number of rotatable bonds is 3. The van der Waals surface area contributed by atoms with Gasteiger partial charge in [0.1, 0.15) is 17.8 Å². The molecule has 0 aliphatic heterocycles. The Bertz CT molecular complexity index is 855. The van der Waals surface area contributed by atoms with E-state index in [1.165, 1.54) is 6.26 Å². The van der Waals surface area contributed by atoms with Crippen LogP contribution in [0.5, 0.6) is 0 Å². The molecule has 0 aliphatic rings. The van der Waals surface area contributed by atoms with Gasteiger partial charge in [-0.3, -0.25) is 4.79 Å². The van der Waals surface area contributed by atoms with Crippen molar-refractivity contribution in [3.63, 3.8) is 0 Å². The summed E-state index contributed by atoms with van der Waals surface area (Å²) in [5.74, 6) is -1.04. The minimum atomic E-state index is -0.814. The highest BCUT2D eigenvalue weighted by atomic mass is 16.3. The van der Waals surface area contributed by atoms with Gasteiger partial charge in [-0.2, -0.15) is 5.26 Å². The van der Waals surface area contributed by atoms with Crippen LogP contribution in [-0.4, -0.2) is 5.78 Å². The van der Waals surface area contributed by atoms with Crippen LogP contribution >= 0.6 is 0 Å². The van der Waals surface area contributed by atoms with Gasteiger partial charge in [0.25, 0.3) is 0 Å². The first-order valence-corrected chi connectivity index (χ1v) is 6.67. The minimum Gasteiger partial charge on any atom is -0.464 e. The number of fused-ring (bicyclic) bond motifs is 1. The van der Waals surface area contributed by atoms with E-state index in [-0.39, 0.29) is 5.78 Å². The Hall–Kier alpha value is -2.86. The zero-order valence-electron chi connectivity index (χ0n) is 11.5. The molecule has 0 amide bonds. The molecule has 1 atom stereocenters. The lowest BCUT2D eigenvalue weighted by Gasteiger charge is -2.08. The Morgan fingerprint density at radius 2 is 2.00 bits per heavy atom. The Labute approximate surface area is 122 Å². The van der Waals surface area contributed by atoms with Crippen molar-refractivity contribution < 1.29 is 9.21 Å². The first-order chi connectivity index (χ1) is 10.2. The summed E-state index contributed by atoms with van der Waals surface area (Å²) in [5, 5.41) is 10.2. The lowest BCUT2D eigenvalue weighted by molar-refractivity contribution is 0.0979. The van der Waals surface area contributed by atoms with Crippen molar-refractivity contribution in [1.82, 2.24) is 0 Å². The quantitative estimate of drug-likeness (QED) is 0.672. The minimum absolute atomic E-state index is 0.229. The molecule has 3 rings (SSSR count). The molecule has 0 aliphatic carbocycles. The average Bonchev–Trinajstić information content (AvgIpc) is 2.92. The Morgan fingerprint density at radius 1 is 1.19 bits per heavy atom. The zero-order chi connectivity index (χ0) is 14.8. The summed E-state index contributed by atoms with van der Waals surface area (Å²) in [6.45, 7) is 1.94. The van der Waals surface area contributed by atoms with Crippen molar-refractivity contribution in [3.8, 4) is 6.07 Å². The number of benzene rings is 2. The van der Waals surface area contributed by atoms with Crippen molar-refractivity contribution in [2.75, 3.05) is 0 Å². The van der Waals surface area contributed by atoms with Crippen LogP contribution in [0.15, 0.2) is 59.2 Å². The molecule has 3 heteroatoms. The molecule has 0 saturated carbocycles. The van der Waals surface area contributed by atoms with Crippen LogP contribution in [0.1, 0.15) is 27.4 Å². The van der Waals surface area contributed by atoms with Crippen LogP contribution in [0.25, 0.3) is 11.0 Å². The highest BCUT2D eigenvalue weighted by Gasteiger charge is 2.24. The monoisotopic (exact) mass is 275 g/mol. The highest BCUT2D eigenvalue weighted by molar-refractivity contribution is 6.11. The predicted molar refractivity (Wildman–Crippen MR) is 80.1 cm³/mol. The first kappa shape index (κ1) is 13.1. The summed E-state index contributed by atoms with van der Waals surface area (Å²) in [7, 11) is 0. The predicted octanol–water partition coefficient (Wildman–Crippen LogP) is 4.23. The maximum atomic E-state index is 12.7. The van der Waals surface area contributed by atoms with Crippen molar-refractivity contribution in [3.05, 3.63) is 71.5 Å². The number of nitriles is 1.